The molecule has 4 nitrogen and oxygen atoms in total. The van der Waals surface area contributed by atoms with Crippen molar-refractivity contribution >= 4 is 5.97 Å². The van der Waals surface area contributed by atoms with E-state index < -0.39 is 12.1 Å². The van der Waals surface area contributed by atoms with Crippen LogP contribution in [-0.2, 0) is 11.3 Å². The van der Waals surface area contributed by atoms with Crippen LogP contribution in [0, 0.1) is 6.92 Å². The van der Waals surface area contributed by atoms with Crippen molar-refractivity contribution in [3.05, 3.63) is 29.3 Å². The minimum atomic E-state index is -0.960. The average molecular weight is 251 g/mol. The number of aliphatic carboxylic acids is 1. The van der Waals surface area contributed by atoms with Crippen LogP contribution in [0.15, 0.2) is 18.2 Å². The minimum Gasteiger partial charge on any atom is -0.479 e. The third-order valence-electron chi connectivity index (χ3n) is 2.57. The van der Waals surface area contributed by atoms with E-state index in [1.165, 1.54) is 6.92 Å². The normalized spacial score (nSPS) is 12.5. The first kappa shape index (κ1) is 14.5. The van der Waals surface area contributed by atoms with E-state index in [4.69, 9.17) is 9.84 Å². The number of rotatable bonds is 6. The summed E-state index contributed by atoms with van der Waals surface area (Å²) in [5, 5.41) is 12.2. The van der Waals surface area contributed by atoms with Crippen LogP contribution >= 0.6 is 0 Å². The Morgan fingerprint density at radius 1 is 1.39 bits per heavy atom. The molecule has 100 valence electrons. The molecule has 18 heavy (non-hydrogen) atoms. The molecule has 0 heterocycles. The van der Waals surface area contributed by atoms with Crippen molar-refractivity contribution in [2.24, 2.45) is 0 Å². The molecule has 1 atom stereocenters. The first-order chi connectivity index (χ1) is 8.40. The molecule has 0 aliphatic heterocycles. The van der Waals surface area contributed by atoms with Crippen molar-refractivity contribution in [3.63, 3.8) is 0 Å². The second-order valence-corrected chi connectivity index (χ2v) is 4.75. The molecule has 0 saturated heterocycles. The number of carboxylic acids is 1. The number of hydrogen-bond acceptors (Lipinski definition) is 3. The van der Waals surface area contributed by atoms with E-state index in [1.807, 2.05) is 25.1 Å². The first-order valence-electron chi connectivity index (χ1n) is 6.12. The molecule has 0 aliphatic carbocycles. The Bertz CT molecular complexity index is 416. The van der Waals surface area contributed by atoms with Gasteiger partial charge in [-0.3, -0.25) is 0 Å². The largest absolute Gasteiger partial charge is 0.479 e. The van der Waals surface area contributed by atoms with Crippen molar-refractivity contribution in [2.45, 2.75) is 46.4 Å². The Balaban J connectivity index is 2.85. The van der Waals surface area contributed by atoms with Crippen LogP contribution in [0.5, 0.6) is 5.75 Å². The van der Waals surface area contributed by atoms with Crippen LogP contribution in [0.1, 0.15) is 31.9 Å². The summed E-state index contributed by atoms with van der Waals surface area (Å²) in [6.45, 7) is 8.33. The van der Waals surface area contributed by atoms with Crippen molar-refractivity contribution in [1.29, 1.82) is 0 Å². The zero-order chi connectivity index (χ0) is 13.7. The summed E-state index contributed by atoms with van der Waals surface area (Å²) in [7, 11) is 0. The van der Waals surface area contributed by atoms with E-state index in [9.17, 15) is 4.79 Å². The lowest BCUT2D eigenvalue weighted by atomic mass is 10.1. The van der Waals surface area contributed by atoms with E-state index >= 15 is 0 Å². The second-order valence-electron chi connectivity index (χ2n) is 4.75. The quantitative estimate of drug-likeness (QED) is 0.814. The molecule has 0 saturated carbocycles. The van der Waals surface area contributed by atoms with Gasteiger partial charge in [-0.1, -0.05) is 31.5 Å². The van der Waals surface area contributed by atoms with Gasteiger partial charge in [0.1, 0.15) is 5.75 Å². The zero-order valence-electron chi connectivity index (χ0n) is 11.4. The number of ether oxygens (including phenoxy) is 1. The fraction of sp³-hybridized carbons (Fsp3) is 0.500. The molecular weight excluding hydrogens is 230 g/mol. The fourth-order valence-corrected chi connectivity index (χ4v) is 1.52. The lowest BCUT2D eigenvalue weighted by molar-refractivity contribution is -0.144. The predicted octanol–water partition coefficient (Wildman–Crippen LogP) is 2.34. The summed E-state index contributed by atoms with van der Waals surface area (Å²) < 4.78 is 5.45. The minimum absolute atomic E-state index is 0.371. The van der Waals surface area contributed by atoms with E-state index in [-0.39, 0.29) is 0 Å². The smallest absolute Gasteiger partial charge is 0.344 e. The van der Waals surface area contributed by atoms with E-state index in [0.717, 1.165) is 11.1 Å². The number of carbonyl (C=O) groups is 1. The summed E-state index contributed by atoms with van der Waals surface area (Å²) in [6.07, 6.45) is -0.842. The van der Waals surface area contributed by atoms with Crippen LogP contribution in [0.2, 0.25) is 0 Å². The lowest BCUT2D eigenvalue weighted by Crippen LogP contribution is -2.25. The fourth-order valence-electron chi connectivity index (χ4n) is 1.52. The molecule has 4 heteroatoms. The molecule has 1 rings (SSSR count). The Labute approximate surface area is 108 Å². The van der Waals surface area contributed by atoms with Crippen molar-refractivity contribution in [1.82, 2.24) is 5.32 Å². The summed E-state index contributed by atoms with van der Waals surface area (Å²) in [6, 6.07) is 6.13. The highest BCUT2D eigenvalue weighted by atomic mass is 16.5. The SMILES string of the molecule is Cc1ccc(OC(C)C(=O)O)c(CNC(C)C)c1. The van der Waals surface area contributed by atoms with Gasteiger partial charge in [-0.2, -0.15) is 0 Å². The highest BCUT2D eigenvalue weighted by Crippen LogP contribution is 2.21. The maximum absolute atomic E-state index is 10.8. The van der Waals surface area contributed by atoms with E-state index in [2.05, 4.69) is 19.2 Å². The third kappa shape index (κ3) is 4.37. The molecule has 1 unspecified atom stereocenters. The molecule has 0 aromatic heterocycles. The number of benzene rings is 1. The van der Waals surface area contributed by atoms with Crippen LogP contribution in [-0.4, -0.2) is 23.2 Å². The third-order valence-corrected chi connectivity index (χ3v) is 2.57. The molecule has 1 aromatic carbocycles. The Morgan fingerprint density at radius 2 is 2.06 bits per heavy atom. The molecule has 0 bridgehead atoms. The van der Waals surface area contributed by atoms with Gasteiger partial charge >= 0.3 is 5.97 Å². The number of carboxylic acid groups (broad SMARTS) is 1. The predicted molar refractivity (Wildman–Crippen MR) is 70.9 cm³/mol. The molecule has 1 aromatic rings. The molecule has 0 spiro atoms. The van der Waals surface area contributed by atoms with Crippen LogP contribution in [0.4, 0.5) is 0 Å². The summed E-state index contributed by atoms with van der Waals surface area (Å²) in [4.78, 5) is 10.8. The summed E-state index contributed by atoms with van der Waals surface area (Å²) in [5.74, 6) is -0.331. The van der Waals surface area contributed by atoms with Gasteiger partial charge in [0.05, 0.1) is 0 Å². The highest BCUT2D eigenvalue weighted by Gasteiger charge is 2.14. The monoisotopic (exact) mass is 251 g/mol. The van der Waals surface area contributed by atoms with Crippen LogP contribution in [0.3, 0.4) is 0 Å². The van der Waals surface area contributed by atoms with E-state index in [0.29, 0.717) is 18.3 Å². The second kappa shape index (κ2) is 6.40. The Kier molecular flexibility index (Phi) is 5.16. The Morgan fingerprint density at radius 3 is 2.61 bits per heavy atom. The van der Waals surface area contributed by atoms with Gasteiger partial charge in [-0.25, -0.2) is 4.79 Å². The molecule has 0 radical (unpaired) electrons. The summed E-state index contributed by atoms with van der Waals surface area (Å²) in [5.41, 5.74) is 2.11. The maximum atomic E-state index is 10.8. The van der Waals surface area contributed by atoms with Crippen LogP contribution < -0.4 is 10.1 Å². The topological polar surface area (TPSA) is 58.6 Å². The molecule has 0 fully saturated rings. The van der Waals surface area contributed by atoms with Gasteiger partial charge in [0.2, 0.25) is 0 Å². The zero-order valence-corrected chi connectivity index (χ0v) is 11.4. The maximum Gasteiger partial charge on any atom is 0.344 e. The van der Waals surface area contributed by atoms with Crippen molar-refractivity contribution < 1.29 is 14.6 Å². The molecular formula is C14H21NO3. The van der Waals surface area contributed by atoms with Crippen molar-refractivity contribution in [2.75, 3.05) is 0 Å². The van der Waals surface area contributed by atoms with Gasteiger partial charge in [0, 0.05) is 18.2 Å². The standard InChI is InChI=1S/C14H21NO3/c1-9(2)15-8-12-7-10(3)5-6-13(12)18-11(4)14(16)17/h5-7,9,11,15H,8H2,1-4H3,(H,16,17). The van der Waals surface area contributed by atoms with Crippen molar-refractivity contribution in [3.8, 4) is 5.75 Å². The molecule has 0 amide bonds. The number of hydrogen-bond donors (Lipinski definition) is 2. The van der Waals surface area contributed by atoms with E-state index in [1.54, 1.807) is 0 Å². The first-order valence-corrected chi connectivity index (χ1v) is 6.12. The number of nitrogens with one attached hydrogen (secondary N) is 1. The number of aryl methyl sites for hydroxylation is 1. The average Bonchev–Trinajstić information content (AvgIpc) is 2.29. The van der Waals surface area contributed by atoms with Gasteiger partial charge in [-0.15, -0.1) is 0 Å². The van der Waals surface area contributed by atoms with Gasteiger partial charge in [0.25, 0.3) is 0 Å². The summed E-state index contributed by atoms with van der Waals surface area (Å²) >= 11 is 0. The lowest BCUT2D eigenvalue weighted by Gasteiger charge is -2.16. The van der Waals surface area contributed by atoms with Gasteiger partial charge < -0.3 is 15.2 Å². The molecule has 2 N–H and O–H groups in total. The van der Waals surface area contributed by atoms with Gasteiger partial charge in [-0.05, 0) is 19.9 Å². The Hall–Kier alpha value is -1.55. The van der Waals surface area contributed by atoms with Crippen LogP contribution in [0.25, 0.3) is 0 Å². The highest BCUT2D eigenvalue weighted by molar-refractivity contribution is 5.72. The van der Waals surface area contributed by atoms with Gasteiger partial charge in [0.15, 0.2) is 6.10 Å². The molecule has 0 aliphatic rings.